The molecule has 1 heterocycles. The number of fused-ring (bicyclic) bond motifs is 1. The van der Waals surface area contributed by atoms with Gasteiger partial charge in [-0.1, -0.05) is 46.7 Å². The molecule has 6 nitrogen and oxygen atoms in total. The summed E-state index contributed by atoms with van der Waals surface area (Å²) in [6, 6.07) is 9.08. The van der Waals surface area contributed by atoms with Crippen LogP contribution in [0.15, 0.2) is 54.0 Å². The molecule has 0 radical (unpaired) electrons. The molecule has 3 rings (SSSR count). The zero-order valence-electron chi connectivity index (χ0n) is 13.2. The van der Waals surface area contributed by atoms with Gasteiger partial charge in [-0.2, -0.15) is 4.99 Å². The molecule has 0 saturated carbocycles. The molecule has 3 aromatic rings. The van der Waals surface area contributed by atoms with E-state index in [1.165, 1.54) is 23.5 Å². The lowest BCUT2D eigenvalue weighted by Crippen LogP contribution is -2.16. The van der Waals surface area contributed by atoms with Gasteiger partial charge in [-0.25, -0.2) is 0 Å². The summed E-state index contributed by atoms with van der Waals surface area (Å²) in [5.74, 6) is -0.667. The molecule has 0 aliphatic heterocycles. The first-order valence-corrected chi connectivity index (χ1v) is 8.91. The predicted molar refractivity (Wildman–Crippen MR) is 103 cm³/mol. The van der Waals surface area contributed by atoms with Gasteiger partial charge < -0.3 is 4.57 Å². The number of rotatable bonds is 4. The van der Waals surface area contributed by atoms with E-state index in [0.29, 0.717) is 16.4 Å². The number of nitrogens with zero attached hydrogens (tertiary/aromatic N) is 3. The molecule has 0 saturated heterocycles. The molecule has 2 aromatic carbocycles. The number of aromatic nitrogens is 1. The molecular weight excluding hydrogens is 397 g/mol. The van der Waals surface area contributed by atoms with Crippen molar-refractivity contribution in [1.29, 1.82) is 0 Å². The minimum absolute atomic E-state index is 0.0328. The topological polar surface area (TPSA) is 77.5 Å². The van der Waals surface area contributed by atoms with E-state index in [1.807, 2.05) is 12.1 Å². The fraction of sp³-hybridized carbons (Fsp3) is 0.0588. The third-order valence-corrected chi connectivity index (χ3v) is 5.23. The summed E-state index contributed by atoms with van der Waals surface area (Å²) in [6.45, 7) is 4.11. The number of amides is 1. The lowest BCUT2D eigenvalue weighted by molar-refractivity contribution is -0.384. The van der Waals surface area contributed by atoms with Gasteiger partial charge in [-0.15, -0.1) is 6.58 Å². The highest BCUT2D eigenvalue weighted by Gasteiger charge is 2.16. The summed E-state index contributed by atoms with van der Waals surface area (Å²) >= 11 is 13.6. The van der Waals surface area contributed by atoms with Crippen molar-refractivity contribution in [3.05, 3.63) is 79.6 Å². The van der Waals surface area contributed by atoms with Crippen LogP contribution >= 0.6 is 34.5 Å². The van der Waals surface area contributed by atoms with E-state index in [9.17, 15) is 14.9 Å². The smallest absolute Gasteiger partial charge is 0.281 e. The van der Waals surface area contributed by atoms with Crippen LogP contribution in [-0.4, -0.2) is 15.4 Å². The Balaban J connectivity index is 2.19. The maximum Gasteiger partial charge on any atom is 0.281 e. The average molecular weight is 408 g/mol. The van der Waals surface area contributed by atoms with Crippen molar-refractivity contribution in [2.45, 2.75) is 6.54 Å². The molecule has 0 atom stereocenters. The molecule has 0 N–H and O–H groups in total. The lowest BCUT2D eigenvalue weighted by atomic mass is 10.2. The quantitative estimate of drug-likeness (QED) is 0.352. The number of hydrogen-bond acceptors (Lipinski definition) is 4. The van der Waals surface area contributed by atoms with Gasteiger partial charge in [-0.3, -0.25) is 14.9 Å². The SMILES string of the molecule is C=CCn1c(=NC(=O)c2cc([N+](=O)[O-])ccc2Cl)sc2cccc(Cl)c21. The lowest BCUT2D eigenvalue weighted by Gasteiger charge is -2.03. The van der Waals surface area contributed by atoms with Crippen molar-refractivity contribution < 1.29 is 9.72 Å². The summed E-state index contributed by atoms with van der Waals surface area (Å²) < 4.78 is 2.62. The number of nitro benzene ring substituents is 1. The normalized spacial score (nSPS) is 11.7. The Morgan fingerprint density at radius 2 is 2.08 bits per heavy atom. The Morgan fingerprint density at radius 1 is 1.31 bits per heavy atom. The second kappa shape index (κ2) is 7.41. The van der Waals surface area contributed by atoms with E-state index < -0.39 is 10.8 Å². The number of allylic oxidation sites excluding steroid dienone is 1. The second-order valence-electron chi connectivity index (χ2n) is 5.21. The van der Waals surface area contributed by atoms with E-state index in [1.54, 1.807) is 16.7 Å². The van der Waals surface area contributed by atoms with Gasteiger partial charge >= 0.3 is 0 Å². The van der Waals surface area contributed by atoms with E-state index in [-0.39, 0.29) is 16.3 Å². The van der Waals surface area contributed by atoms with Crippen LogP contribution in [0, 0.1) is 10.1 Å². The van der Waals surface area contributed by atoms with Crippen LogP contribution < -0.4 is 4.80 Å². The molecule has 0 spiro atoms. The summed E-state index contributed by atoms with van der Waals surface area (Å²) in [7, 11) is 0. The third-order valence-electron chi connectivity index (χ3n) is 3.55. The third kappa shape index (κ3) is 3.41. The minimum Gasteiger partial charge on any atom is -0.311 e. The first-order valence-electron chi connectivity index (χ1n) is 7.34. The number of hydrogen-bond donors (Lipinski definition) is 0. The van der Waals surface area contributed by atoms with E-state index in [0.717, 1.165) is 16.3 Å². The van der Waals surface area contributed by atoms with Gasteiger partial charge in [-0.05, 0) is 18.2 Å². The van der Waals surface area contributed by atoms with E-state index in [2.05, 4.69) is 11.6 Å². The fourth-order valence-electron chi connectivity index (χ4n) is 2.41. The van der Waals surface area contributed by atoms with Crippen LogP contribution in [0.3, 0.4) is 0 Å². The van der Waals surface area contributed by atoms with Gasteiger partial charge in [0.2, 0.25) is 0 Å². The highest BCUT2D eigenvalue weighted by atomic mass is 35.5. The Morgan fingerprint density at radius 3 is 2.77 bits per heavy atom. The number of nitro groups is 1. The molecule has 0 aliphatic carbocycles. The molecular formula is C17H11Cl2N3O3S. The van der Waals surface area contributed by atoms with Crippen molar-refractivity contribution in [1.82, 2.24) is 4.57 Å². The number of halogens is 2. The van der Waals surface area contributed by atoms with Crippen LogP contribution in [0.5, 0.6) is 0 Å². The van der Waals surface area contributed by atoms with Crippen LogP contribution in [0.1, 0.15) is 10.4 Å². The highest BCUT2D eigenvalue weighted by Crippen LogP contribution is 2.26. The zero-order chi connectivity index (χ0) is 18.8. The van der Waals surface area contributed by atoms with Gasteiger partial charge in [0.25, 0.3) is 11.6 Å². The Bertz CT molecular complexity index is 1120. The standard InChI is InChI=1S/C17H11Cl2N3O3S/c1-2-8-21-15-13(19)4-3-5-14(15)26-17(21)20-16(23)11-9-10(22(24)25)6-7-12(11)18/h2-7,9H,1,8H2. The Kier molecular flexibility index (Phi) is 5.22. The Hall–Kier alpha value is -2.48. The van der Waals surface area contributed by atoms with Crippen molar-refractivity contribution in [3.8, 4) is 0 Å². The number of carbonyl (C=O) groups is 1. The van der Waals surface area contributed by atoms with Crippen molar-refractivity contribution >= 4 is 56.3 Å². The predicted octanol–water partition coefficient (Wildman–Crippen LogP) is 4.84. The van der Waals surface area contributed by atoms with Gasteiger partial charge in [0.1, 0.15) is 0 Å². The monoisotopic (exact) mass is 407 g/mol. The molecule has 0 unspecified atom stereocenters. The molecule has 0 bridgehead atoms. The van der Waals surface area contributed by atoms with Gasteiger partial charge in [0, 0.05) is 18.7 Å². The molecule has 0 fully saturated rings. The van der Waals surface area contributed by atoms with Crippen molar-refractivity contribution in [2.24, 2.45) is 4.99 Å². The molecule has 26 heavy (non-hydrogen) atoms. The average Bonchev–Trinajstić information content (AvgIpc) is 2.94. The molecule has 0 aliphatic rings. The van der Waals surface area contributed by atoms with Crippen molar-refractivity contribution in [2.75, 3.05) is 0 Å². The number of benzene rings is 2. The maximum absolute atomic E-state index is 12.6. The summed E-state index contributed by atoms with van der Waals surface area (Å²) in [6.07, 6.45) is 1.67. The molecule has 1 aromatic heterocycles. The Labute approximate surface area is 161 Å². The van der Waals surface area contributed by atoms with Crippen LogP contribution in [0.4, 0.5) is 5.69 Å². The maximum atomic E-state index is 12.6. The van der Waals surface area contributed by atoms with Gasteiger partial charge in [0.15, 0.2) is 4.80 Å². The van der Waals surface area contributed by atoms with Crippen LogP contribution in [0.2, 0.25) is 10.0 Å². The molecule has 9 heteroatoms. The molecule has 1 amide bonds. The first kappa shape index (κ1) is 18.3. The fourth-order valence-corrected chi connectivity index (χ4v) is 4.00. The number of carbonyl (C=O) groups excluding carboxylic acids is 1. The molecule has 132 valence electrons. The minimum atomic E-state index is -0.667. The van der Waals surface area contributed by atoms with Crippen LogP contribution in [-0.2, 0) is 6.54 Å². The summed E-state index contributed by atoms with van der Waals surface area (Å²) in [4.78, 5) is 27.4. The van der Waals surface area contributed by atoms with E-state index >= 15 is 0 Å². The largest absolute Gasteiger partial charge is 0.311 e. The summed E-state index contributed by atoms with van der Waals surface area (Å²) in [5, 5.41) is 11.6. The first-order chi connectivity index (χ1) is 12.4. The number of thiazole rings is 1. The highest BCUT2D eigenvalue weighted by molar-refractivity contribution is 7.16. The van der Waals surface area contributed by atoms with Crippen molar-refractivity contribution in [3.63, 3.8) is 0 Å². The van der Waals surface area contributed by atoms with E-state index in [4.69, 9.17) is 23.2 Å². The number of para-hydroxylation sites is 1. The van der Waals surface area contributed by atoms with Crippen LogP contribution in [0.25, 0.3) is 10.2 Å². The zero-order valence-corrected chi connectivity index (χ0v) is 15.5. The van der Waals surface area contributed by atoms with Gasteiger partial charge in [0.05, 0.1) is 30.7 Å². The second-order valence-corrected chi connectivity index (χ2v) is 7.03. The number of non-ortho nitro benzene ring substituents is 1. The summed E-state index contributed by atoms with van der Waals surface area (Å²) in [5.41, 5.74) is 0.483.